The molecule has 2 unspecified atom stereocenters. The van der Waals surface area contributed by atoms with Crippen molar-refractivity contribution in [3.63, 3.8) is 0 Å². The third kappa shape index (κ3) is 11.2. The van der Waals surface area contributed by atoms with E-state index in [9.17, 15) is 40.4 Å². The van der Waals surface area contributed by atoms with Crippen molar-refractivity contribution >= 4 is 35.5 Å². The van der Waals surface area contributed by atoms with Gasteiger partial charge in [0.2, 0.25) is 13.6 Å². The van der Waals surface area contributed by atoms with Crippen LogP contribution < -0.4 is 58.0 Å². The second kappa shape index (κ2) is 29.1. The number of thioether (sulfide) groups is 2. The van der Waals surface area contributed by atoms with Crippen LogP contribution in [-0.4, -0.2) is 201 Å². The number of likely N-dealkylation sites (N-methyl/N-ethyl adjacent to an activating group) is 2. The number of fused-ring (bicyclic) bond motifs is 18. The summed E-state index contributed by atoms with van der Waals surface area (Å²) in [7, 11) is 10.1. The van der Waals surface area contributed by atoms with Gasteiger partial charge in [0, 0.05) is 87.2 Å². The van der Waals surface area contributed by atoms with Crippen LogP contribution in [0.25, 0.3) is 0 Å². The number of piperazine rings is 2. The Morgan fingerprint density at radius 2 is 0.991 bits per heavy atom. The standard InChI is InChI=1S/C41H44N4O9S.C40H45N3O10S.2CH4/c1-7-10-51-36-20(3)37-38(54-18-53-37)30-26-16-52-40(48)41(23-14-28(49-5)27(46)13-21(23)8-9-43-41)17-55-39(31(30)36)33-32-29-22(11-19(2)35(50-6)34(29)47)12-24(44(32)4)25(15-42)45(26)33;1-7-10-50-34-19(3)35-36(53-17-52-35)28-24-15-51-39(47)40(22-14-26(48-5)25(44)13-20(22)8-9-41-40)16-54-37(29(28)34)31-30-27-21(11-18(2)33(49-6)32(27)45)12-23(42(30)4)38(46)43(24)31;;/h7,11,13-14,24-26,32-33,39,43,46-47H,1,8-10,12,16-18H2,2-6H3;7,11,13-14,23-24,30-31,37-38,41,44-46H,1,8-10,12,15-17H2,2-6H3;2*1H4/t24-,25-,26-,32+,33?,39+,41+;23-,24-,30+,31?,37+,38-,40+;;/m00../s1. The zero-order valence-electron chi connectivity index (χ0n) is 62.4. The summed E-state index contributed by atoms with van der Waals surface area (Å²) in [6, 6.07) is 9.32. The van der Waals surface area contributed by atoms with Crippen molar-refractivity contribution in [3.05, 3.63) is 151 Å². The highest BCUT2D eigenvalue weighted by molar-refractivity contribution is 7.99. The highest BCUT2D eigenvalue weighted by Gasteiger charge is 2.65. The van der Waals surface area contributed by atoms with Crippen molar-refractivity contribution in [2.45, 2.75) is 150 Å². The Morgan fingerprint density at radius 1 is 0.568 bits per heavy atom. The molecule has 14 heterocycles. The van der Waals surface area contributed by atoms with E-state index in [1.54, 1.807) is 74.2 Å². The van der Waals surface area contributed by atoms with Crippen LogP contribution in [0.4, 0.5) is 0 Å². The molecule has 14 aliphatic rings. The lowest BCUT2D eigenvalue weighted by atomic mass is 9.71. The maximum absolute atomic E-state index is 14.8. The van der Waals surface area contributed by atoms with Crippen LogP contribution >= 0.6 is 23.5 Å². The Kier molecular flexibility index (Phi) is 20.2. The molecule has 0 saturated carbocycles. The van der Waals surface area contributed by atoms with Gasteiger partial charge in [0.05, 0.1) is 75.2 Å². The number of phenolic OH excluding ortho intramolecular Hbond substituents is 4. The summed E-state index contributed by atoms with van der Waals surface area (Å²) in [4.78, 5) is 38.2. The Balaban J connectivity index is 0.000000173. The van der Waals surface area contributed by atoms with E-state index in [0.717, 1.165) is 77.9 Å². The van der Waals surface area contributed by atoms with E-state index in [-0.39, 0.29) is 113 Å². The molecule has 0 aromatic heterocycles. The van der Waals surface area contributed by atoms with Gasteiger partial charge in [-0.2, -0.15) is 5.26 Å². The molecule has 590 valence electrons. The lowest BCUT2D eigenvalue weighted by Gasteiger charge is -2.62. The molecule has 20 rings (SSSR count). The molecule has 6 aromatic rings. The third-order valence-corrected chi connectivity index (χ3v) is 27.8. The first-order valence-electron chi connectivity index (χ1n) is 36.8. The summed E-state index contributed by atoms with van der Waals surface area (Å²) in [5.74, 6) is 4.50. The van der Waals surface area contributed by atoms with Crippen molar-refractivity contribution in [2.75, 3.05) is 107 Å². The molecule has 4 saturated heterocycles. The predicted octanol–water partition coefficient (Wildman–Crippen LogP) is 9.95. The summed E-state index contributed by atoms with van der Waals surface area (Å²) in [5, 5.41) is 75.6. The first kappa shape index (κ1) is 77.2. The van der Waals surface area contributed by atoms with Crippen molar-refractivity contribution in [1.29, 1.82) is 5.26 Å². The Labute approximate surface area is 654 Å². The topological polar surface area (TPSA) is 307 Å². The molecular formula is C83H97N7O19S2. The molecule has 28 heteroatoms. The van der Waals surface area contributed by atoms with Crippen LogP contribution in [0.3, 0.4) is 0 Å². The van der Waals surface area contributed by atoms with E-state index < -0.39 is 82.0 Å². The van der Waals surface area contributed by atoms with Gasteiger partial charge >= 0.3 is 11.9 Å². The van der Waals surface area contributed by atoms with Gasteiger partial charge in [-0.1, -0.05) is 52.3 Å². The number of phenols is 4. The minimum absolute atomic E-state index is 0. The minimum Gasteiger partial charge on any atom is -0.504 e. The van der Waals surface area contributed by atoms with E-state index in [2.05, 4.69) is 61.6 Å². The van der Waals surface area contributed by atoms with Crippen LogP contribution in [0.15, 0.2) is 61.7 Å². The van der Waals surface area contributed by atoms with Gasteiger partial charge in [-0.05, 0) is 136 Å². The molecule has 14 aliphatic heterocycles. The second-order valence-electron chi connectivity index (χ2n) is 30.0. The molecule has 111 heavy (non-hydrogen) atoms. The zero-order valence-corrected chi connectivity index (χ0v) is 64.0. The van der Waals surface area contributed by atoms with Gasteiger partial charge in [0.1, 0.15) is 50.2 Å². The lowest BCUT2D eigenvalue weighted by molar-refractivity contribution is -0.186. The van der Waals surface area contributed by atoms with Crippen LogP contribution in [0, 0.1) is 39.0 Å². The zero-order chi connectivity index (χ0) is 76.3. The number of nitriles is 1. The van der Waals surface area contributed by atoms with Crippen molar-refractivity contribution in [2.24, 2.45) is 0 Å². The fourth-order valence-electron chi connectivity index (χ4n) is 20.3. The number of nitrogens with zero attached hydrogens (tertiary/aromatic N) is 5. The predicted molar refractivity (Wildman–Crippen MR) is 415 cm³/mol. The number of methoxy groups -OCH3 is 4. The van der Waals surface area contributed by atoms with Crippen LogP contribution in [-0.2, 0) is 55.8 Å². The molecule has 8 bridgehead atoms. The average Bonchev–Trinajstić information content (AvgIpc) is 1.43. The fourth-order valence-corrected chi connectivity index (χ4v) is 23.7. The quantitative estimate of drug-likeness (QED) is 0.0495. The summed E-state index contributed by atoms with van der Waals surface area (Å²) >= 11 is 3.13. The normalized spacial score (nSPS) is 28.6. The van der Waals surface area contributed by atoms with E-state index in [0.29, 0.717) is 95.9 Å². The number of aliphatic hydroxyl groups is 1. The minimum atomic E-state index is -1.31. The number of rotatable bonds is 10. The number of hydrogen-bond acceptors (Lipinski definition) is 28. The molecule has 0 radical (unpaired) electrons. The Bertz CT molecular complexity index is 4880. The first-order valence-corrected chi connectivity index (χ1v) is 38.9. The van der Waals surface area contributed by atoms with E-state index >= 15 is 0 Å². The first-order chi connectivity index (χ1) is 52.6. The maximum atomic E-state index is 14.8. The van der Waals surface area contributed by atoms with Crippen LogP contribution in [0.1, 0.15) is 139 Å². The number of aliphatic hydroxyl groups excluding tert-OH is 1. The van der Waals surface area contributed by atoms with Crippen LogP contribution in [0.5, 0.6) is 80.5 Å². The van der Waals surface area contributed by atoms with E-state index in [4.69, 9.17) is 56.8 Å². The number of ether oxygens (including phenoxy) is 12. The number of hydrogen-bond donors (Lipinski definition) is 7. The summed E-state index contributed by atoms with van der Waals surface area (Å²) < 4.78 is 73.4. The number of carbonyl (C=O) groups is 2. The van der Waals surface area contributed by atoms with Gasteiger partial charge in [0.15, 0.2) is 80.1 Å². The third-order valence-electron chi connectivity index (χ3n) is 24.9. The van der Waals surface area contributed by atoms with Crippen molar-refractivity contribution < 1.29 is 92.0 Å². The van der Waals surface area contributed by atoms with Gasteiger partial charge in [-0.25, -0.2) is 9.59 Å². The molecule has 4 fully saturated rings. The number of nitrogens with one attached hydrogen (secondary N) is 2. The lowest BCUT2D eigenvalue weighted by Crippen LogP contribution is -2.70. The number of aromatic hydroxyl groups is 4. The Morgan fingerprint density at radius 3 is 1.42 bits per heavy atom. The molecule has 7 N–H and O–H groups in total. The van der Waals surface area contributed by atoms with Gasteiger partial charge in [-0.15, -0.1) is 23.5 Å². The second-order valence-corrected chi connectivity index (χ2v) is 32.3. The Hall–Kier alpha value is -9.15. The molecular weight excluding hydrogens is 1460 g/mol. The smallest absolute Gasteiger partial charge is 0.331 e. The van der Waals surface area contributed by atoms with Gasteiger partial charge in [0.25, 0.3) is 0 Å². The summed E-state index contributed by atoms with van der Waals surface area (Å²) in [6.45, 7) is 16.8. The largest absolute Gasteiger partial charge is 0.504 e. The molecule has 0 amide bonds. The van der Waals surface area contributed by atoms with Gasteiger partial charge in [-0.3, -0.25) is 30.2 Å². The fraction of sp³-hybridized carbons (Fsp3) is 0.482. The highest BCUT2D eigenvalue weighted by atomic mass is 32.2. The highest BCUT2D eigenvalue weighted by Crippen LogP contribution is 2.68. The number of benzene rings is 6. The molecule has 2 spiro atoms. The average molecular weight is 1560 g/mol. The molecule has 26 nitrogen and oxygen atoms in total. The van der Waals surface area contributed by atoms with Crippen LogP contribution in [0.2, 0.25) is 0 Å². The SMILES string of the molecule is C.C.C=CCOc1c(C)c2c(c3c1[C@H]1SC[C@]4(NCCc5cc(O)c(OC)cc54)C(=O)OC[C@@H]3N3C1[C@H]1c4c(cc(C)c(OC)c4O)C[C@@H]([C@@H]3C#N)N1C)OCO2.C=CCOc1c(C)c2c(c3c1[C@H]1SC[C@]4(NCCc5cc(O)c(OC)cc54)C(=O)OC[C@@H]3N3C1[C@H]1c4c(cc(C)c(OC)c4O)C[C@@H]([C@@H]3O)N1C)OCO2. The maximum Gasteiger partial charge on any atom is 0.331 e. The summed E-state index contributed by atoms with van der Waals surface area (Å²) in [6.07, 6.45) is 4.61. The number of esters is 2. The molecule has 0 aliphatic carbocycles. The monoisotopic (exact) mass is 1560 g/mol. The molecule has 6 aromatic carbocycles. The van der Waals surface area contributed by atoms with E-state index in [1.807, 2.05) is 41.8 Å². The van der Waals surface area contributed by atoms with Gasteiger partial charge < -0.3 is 82.4 Å². The molecule has 14 atom stereocenters. The van der Waals surface area contributed by atoms with E-state index in [1.165, 1.54) is 14.2 Å². The number of carbonyl (C=O) groups excluding carboxylic acids is 2. The number of aryl methyl sites for hydroxylation is 2. The van der Waals surface area contributed by atoms with Crippen molar-refractivity contribution in [3.8, 4) is 86.6 Å². The van der Waals surface area contributed by atoms with Crippen molar-refractivity contribution in [1.82, 2.24) is 30.2 Å². The summed E-state index contributed by atoms with van der Waals surface area (Å²) in [5.41, 5.74) is 10.3.